The molecule has 1 N–H and O–H groups in total. The lowest BCUT2D eigenvalue weighted by Gasteiger charge is -2.32. The lowest BCUT2D eigenvalue weighted by molar-refractivity contribution is 0.254. The van der Waals surface area contributed by atoms with Crippen LogP contribution in [0.1, 0.15) is 25.7 Å². The van der Waals surface area contributed by atoms with Gasteiger partial charge in [0.05, 0.1) is 6.54 Å². The SMILES string of the molecule is CN(C1=NCCN1)C1CC2CCC1C2. The zero-order valence-electron chi connectivity index (χ0n) is 8.87. The Morgan fingerprint density at radius 1 is 1.36 bits per heavy atom. The Balaban J connectivity index is 1.70. The summed E-state index contributed by atoms with van der Waals surface area (Å²) in [5, 5.41) is 3.37. The van der Waals surface area contributed by atoms with Crippen LogP contribution in [0, 0.1) is 11.8 Å². The fourth-order valence-electron chi connectivity index (χ4n) is 3.46. The van der Waals surface area contributed by atoms with Gasteiger partial charge in [-0.3, -0.25) is 4.99 Å². The van der Waals surface area contributed by atoms with Crippen LogP contribution in [0.3, 0.4) is 0 Å². The lowest BCUT2D eigenvalue weighted by Crippen LogP contribution is -2.45. The van der Waals surface area contributed by atoms with Gasteiger partial charge in [0.1, 0.15) is 0 Å². The minimum atomic E-state index is 0.776. The highest BCUT2D eigenvalue weighted by Crippen LogP contribution is 2.46. The van der Waals surface area contributed by atoms with Crippen molar-refractivity contribution >= 4 is 5.96 Å². The molecule has 3 unspecified atom stereocenters. The monoisotopic (exact) mass is 193 g/mol. The first-order valence-electron chi connectivity index (χ1n) is 5.86. The van der Waals surface area contributed by atoms with E-state index in [1.807, 2.05) is 0 Å². The maximum Gasteiger partial charge on any atom is 0.194 e. The van der Waals surface area contributed by atoms with Gasteiger partial charge in [0.25, 0.3) is 0 Å². The Morgan fingerprint density at radius 3 is 2.86 bits per heavy atom. The van der Waals surface area contributed by atoms with E-state index in [1.54, 1.807) is 0 Å². The van der Waals surface area contributed by atoms with Gasteiger partial charge >= 0.3 is 0 Å². The van der Waals surface area contributed by atoms with Crippen molar-refractivity contribution in [3.05, 3.63) is 0 Å². The van der Waals surface area contributed by atoms with Crippen molar-refractivity contribution in [1.29, 1.82) is 0 Å². The number of guanidine groups is 1. The Bertz CT molecular complexity index is 261. The van der Waals surface area contributed by atoms with Gasteiger partial charge in [0.15, 0.2) is 5.96 Å². The number of nitrogens with one attached hydrogen (secondary N) is 1. The maximum absolute atomic E-state index is 4.50. The zero-order chi connectivity index (χ0) is 9.54. The second kappa shape index (κ2) is 3.14. The summed E-state index contributed by atoms with van der Waals surface area (Å²) in [5.74, 6) is 3.12. The van der Waals surface area contributed by atoms with Gasteiger partial charge in [0, 0.05) is 19.6 Å². The van der Waals surface area contributed by atoms with Crippen molar-refractivity contribution in [2.75, 3.05) is 20.1 Å². The Morgan fingerprint density at radius 2 is 2.29 bits per heavy atom. The molecule has 78 valence electrons. The summed E-state index contributed by atoms with van der Waals surface area (Å²) in [6.45, 7) is 1.99. The fraction of sp³-hybridized carbons (Fsp3) is 0.909. The third kappa shape index (κ3) is 1.22. The second-order valence-corrected chi connectivity index (χ2v) is 4.99. The van der Waals surface area contributed by atoms with Gasteiger partial charge in [-0.1, -0.05) is 6.42 Å². The van der Waals surface area contributed by atoms with Crippen molar-refractivity contribution in [3.63, 3.8) is 0 Å². The van der Waals surface area contributed by atoms with Crippen LogP contribution in [0.15, 0.2) is 4.99 Å². The fourth-order valence-corrected chi connectivity index (χ4v) is 3.46. The molecule has 0 aromatic carbocycles. The van der Waals surface area contributed by atoms with Crippen LogP contribution < -0.4 is 5.32 Å². The van der Waals surface area contributed by atoms with Gasteiger partial charge in [-0.15, -0.1) is 0 Å². The Hall–Kier alpha value is -0.730. The van der Waals surface area contributed by atoms with Crippen LogP contribution in [0.25, 0.3) is 0 Å². The summed E-state index contributed by atoms with van der Waals surface area (Å²) in [6, 6.07) is 0.776. The molecule has 3 rings (SSSR count). The average Bonchev–Trinajstić information content (AvgIpc) is 2.93. The van der Waals surface area contributed by atoms with Crippen LogP contribution >= 0.6 is 0 Å². The van der Waals surface area contributed by atoms with Crippen molar-refractivity contribution in [2.45, 2.75) is 31.7 Å². The predicted octanol–water partition coefficient (Wildman–Crippen LogP) is 1.07. The van der Waals surface area contributed by atoms with E-state index in [1.165, 1.54) is 25.7 Å². The van der Waals surface area contributed by atoms with Crippen LogP contribution in [0.4, 0.5) is 0 Å². The quantitative estimate of drug-likeness (QED) is 0.674. The zero-order valence-corrected chi connectivity index (χ0v) is 8.87. The molecule has 0 aromatic rings. The molecule has 0 spiro atoms. The number of hydrogen-bond acceptors (Lipinski definition) is 3. The summed E-state index contributed by atoms with van der Waals surface area (Å²) in [6.07, 6.45) is 5.81. The molecule has 3 heteroatoms. The molecule has 0 radical (unpaired) electrons. The number of hydrogen-bond donors (Lipinski definition) is 1. The third-order valence-electron chi connectivity index (χ3n) is 4.19. The number of aliphatic imine (C=N–C) groups is 1. The largest absolute Gasteiger partial charge is 0.354 e. The Kier molecular flexibility index (Phi) is 1.92. The highest BCUT2D eigenvalue weighted by atomic mass is 15.3. The van der Waals surface area contributed by atoms with Crippen LogP contribution in [-0.4, -0.2) is 37.0 Å². The van der Waals surface area contributed by atoms with E-state index in [9.17, 15) is 0 Å². The first-order valence-corrected chi connectivity index (χ1v) is 5.86. The van der Waals surface area contributed by atoms with Gasteiger partial charge in [0.2, 0.25) is 0 Å². The average molecular weight is 193 g/mol. The van der Waals surface area contributed by atoms with E-state index in [2.05, 4.69) is 22.3 Å². The summed E-state index contributed by atoms with van der Waals surface area (Å²) in [7, 11) is 2.21. The number of fused-ring (bicyclic) bond motifs is 2. The van der Waals surface area contributed by atoms with E-state index in [4.69, 9.17) is 0 Å². The molecule has 2 saturated carbocycles. The maximum atomic E-state index is 4.50. The van der Waals surface area contributed by atoms with E-state index >= 15 is 0 Å². The first-order chi connectivity index (χ1) is 6.84. The molecule has 0 saturated heterocycles. The molecule has 0 amide bonds. The second-order valence-electron chi connectivity index (χ2n) is 4.99. The first kappa shape index (κ1) is 8.57. The molecule has 2 bridgehead atoms. The predicted molar refractivity (Wildman–Crippen MR) is 57.3 cm³/mol. The smallest absolute Gasteiger partial charge is 0.194 e. The van der Waals surface area contributed by atoms with Crippen LogP contribution in [-0.2, 0) is 0 Å². The van der Waals surface area contributed by atoms with Crippen molar-refractivity contribution < 1.29 is 0 Å². The van der Waals surface area contributed by atoms with Gasteiger partial charge < -0.3 is 10.2 Å². The van der Waals surface area contributed by atoms with E-state index in [-0.39, 0.29) is 0 Å². The minimum Gasteiger partial charge on any atom is -0.354 e. The molecular formula is C11H19N3. The molecule has 2 fully saturated rings. The van der Waals surface area contributed by atoms with E-state index < -0.39 is 0 Å². The normalized spacial score (nSPS) is 39.8. The van der Waals surface area contributed by atoms with Crippen molar-refractivity contribution in [3.8, 4) is 0 Å². The standard InChI is InChI=1S/C11H19N3/c1-14(11-12-4-5-13-11)10-7-8-2-3-9(10)6-8/h8-10H,2-7H2,1H3,(H,12,13). The van der Waals surface area contributed by atoms with E-state index in [0.717, 1.165) is 36.9 Å². The van der Waals surface area contributed by atoms with Gasteiger partial charge in [-0.2, -0.15) is 0 Å². The van der Waals surface area contributed by atoms with Gasteiger partial charge in [-0.05, 0) is 31.1 Å². The molecule has 14 heavy (non-hydrogen) atoms. The molecule has 2 aliphatic carbocycles. The van der Waals surface area contributed by atoms with Crippen molar-refractivity contribution in [1.82, 2.24) is 10.2 Å². The minimum absolute atomic E-state index is 0.776. The summed E-state index contributed by atoms with van der Waals surface area (Å²) in [4.78, 5) is 6.89. The van der Waals surface area contributed by atoms with Crippen molar-refractivity contribution in [2.24, 2.45) is 16.8 Å². The number of rotatable bonds is 1. The highest BCUT2D eigenvalue weighted by Gasteiger charge is 2.42. The topological polar surface area (TPSA) is 27.6 Å². The molecule has 3 nitrogen and oxygen atoms in total. The highest BCUT2D eigenvalue weighted by molar-refractivity contribution is 5.81. The molecule has 3 atom stereocenters. The summed E-state index contributed by atoms with van der Waals surface area (Å²) >= 11 is 0. The lowest BCUT2D eigenvalue weighted by atomic mass is 9.94. The summed E-state index contributed by atoms with van der Waals surface area (Å²) < 4.78 is 0. The summed E-state index contributed by atoms with van der Waals surface area (Å²) in [5.41, 5.74) is 0. The molecule has 1 aliphatic heterocycles. The van der Waals surface area contributed by atoms with E-state index in [0.29, 0.717) is 0 Å². The Labute approximate surface area is 85.6 Å². The molecule has 0 aromatic heterocycles. The molecular weight excluding hydrogens is 174 g/mol. The molecule has 1 heterocycles. The third-order valence-corrected chi connectivity index (χ3v) is 4.19. The number of nitrogens with zero attached hydrogens (tertiary/aromatic N) is 2. The van der Waals surface area contributed by atoms with Gasteiger partial charge in [-0.25, -0.2) is 0 Å². The van der Waals surface area contributed by atoms with Crippen LogP contribution in [0.5, 0.6) is 0 Å². The van der Waals surface area contributed by atoms with Crippen LogP contribution in [0.2, 0.25) is 0 Å². The molecule has 3 aliphatic rings.